The molecule has 1 aliphatic carbocycles. The van der Waals surface area contributed by atoms with Crippen LogP contribution in [0.4, 0.5) is 0 Å². The zero-order valence-corrected chi connectivity index (χ0v) is 9.44. The fourth-order valence-electron chi connectivity index (χ4n) is 2.38. The van der Waals surface area contributed by atoms with Crippen LogP contribution in [0.5, 0.6) is 0 Å². The molecule has 7 nitrogen and oxygen atoms in total. The molecule has 0 aromatic carbocycles. The smallest absolute Gasteiger partial charge is 0.281 e. The van der Waals surface area contributed by atoms with E-state index in [4.69, 9.17) is 0 Å². The van der Waals surface area contributed by atoms with E-state index in [0.29, 0.717) is 17.5 Å². The van der Waals surface area contributed by atoms with Crippen molar-refractivity contribution >= 4 is 11.0 Å². The van der Waals surface area contributed by atoms with E-state index in [1.807, 2.05) is 0 Å². The lowest BCUT2D eigenvalue weighted by Gasteiger charge is -2.14. The van der Waals surface area contributed by atoms with Gasteiger partial charge in [0.05, 0.1) is 18.3 Å². The topological polar surface area (TPSA) is 85.8 Å². The van der Waals surface area contributed by atoms with Gasteiger partial charge in [-0.25, -0.2) is 9.36 Å². The minimum Gasteiger partial charge on any atom is -0.391 e. The Kier molecular flexibility index (Phi) is 2.22. The molecule has 17 heavy (non-hydrogen) atoms. The second-order valence-electron chi connectivity index (χ2n) is 4.41. The molecule has 1 N–H and O–H groups in total. The zero-order valence-electron chi connectivity index (χ0n) is 9.44. The van der Waals surface area contributed by atoms with E-state index in [1.54, 1.807) is 7.05 Å². The largest absolute Gasteiger partial charge is 0.391 e. The molecule has 0 radical (unpaired) electrons. The van der Waals surface area contributed by atoms with Crippen molar-refractivity contribution < 1.29 is 5.11 Å². The van der Waals surface area contributed by atoms with Gasteiger partial charge in [0.15, 0.2) is 5.65 Å². The fourth-order valence-corrected chi connectivity index (χ4v) is 2.38. The molecule has 0 aliphatic heterocycles. The lowest BCUT2D eigenvalue weighted by molar-refractivity contribution is 0.126. The summed E-state index contributed by atoms with van der Waals surface area (Å²) in [5.41, 5.74) is 0.243. The molecule has 2 aromatic rings. The van der Waals surface area contributed by atoms with Crippen LogP contribution in [-0.2, 0) is 7.05 Å². The van der Waals surface area contributed by atoms with Crippen LogP contribution in [0.25, 0.3) is 11.0 Å². The molecule has 0 bridgehead atoms. The number of aromatic nitrogens is 5. The van der Waals surface area contributed by atoms with E-state index in [-0.39, 0.29) is 11.6 Å². The van der Waals surface area contributed by atoms with Gasteiger partial charge in [-0.1, -0.05) is 5.21 Å². The van der Waals surface area contributed by atoms with Gasteiger partial charge < -0.3 is 5.11 Å². The second-order valence-corrected chi connectivity index (χ2v) is 4.41. The first-order valence-electron chi connectivity index (χ1n) is 5.64. The quantitative estimate of drug-likeness (QED) is 0.727. The summed E-state index contributed by atoms with van der Waals surface area (Å²) < 4.78 is 2.81. The van der Waals surface area contributed by atoms with Gasteiger partial charge in [0.1, 0.15) is 5.39 Å². The number of fused-ring (bicyclic) bond motifs is 1. The van der Waals surface area contributed by atoms with Crippen LogP contribution in [0.15, 0.2) is 11.0 Å². The van der Waals surface area contributed by atoms with E-state index in [1.165, 1.54) is 15.6 Å². The van der Waals surface area contributed by atoms with Gasteiger partial charge in [-0.2, -0.15) is 5.10 Å². The van der Waals surface area contributed by atoms with Gasteiger partial charge in [-0.05, 0) is 19.3 Å². The zero-order chi connectivity index (χ0) is 12.0. The highest BCUT2D eigenvalue weighted by molar-refractivity contribution is 5.72. The van der Waals surface area contributed by atoms with E-state index in [0.717, 1.165) is 12.8 Å². The van der Waals surface area contributed by atoms with Crippen LogP contribution in [0.3, 0.4) is 0 Å². The van der Waals surface area contributed by atoms with Crippen molar-refractivity contribution in [2.75, 3.05) is 0 Å². The number of aliphatic hydroxyl groups is 1. The third kappa shape index (κ3) is 1.46. The van der Waals surface area contributed by atoms with Crippen LogP contribution in [-0.4, -0.2) is 36.0 Å². The van der Waals surface area contributed by atoms with Gasteiger partial charge in [-0.15, -0.1) is 5.10 Å². The van der Waals surface area contributed by atoms with Crippen molar-refractivity contribution in [2.24, 2.45) is 7.05 Å². The Morgan fingerprint density at radius 2 is 2.29 bits per heavy atom. The van der Waals surface area contributed by atoms with Crippen molar-refractivity contribution in [3.05, 3.63) is 16.6 Å². The summed E-state index contributed by atoms with van der Waals surface area (Å²) in [5.74, 6) is 0. The Morgan fingerprint density at radius 3 is 3.00 bits per heavy atom. The standard InChI is InChI=1S/C10H13N5O2/c1-14-9-6(5-11-14)10(17)15(13-12-9)7-3-2-4-8(7)16/h5,7-8,16H,2-4H2,1H3/t7-,8-/m0/s1. The minimum absolute atomic E-state index is 0.228. The number of hydrogen-bond acceptors (Lipinski definition) is 5. The molecule has 0 amide bonds. The van der Waals surface area contributed by atoms with Gasteiger partial charge in [0.25, 0.3) is 5.56 Å². The maximum Gasteiger partial charge on any atom is 0.281 e. The van der Waals surface area contributed by atoms with E-state index >= 15 is 0 Å². The molecule has 2 atom stereocenters. The molecule has 3 rings (SSSR count). The van der Waals surface area contributed by atoms with Crippen LogP contribution < -0.4 is 5.56 Å². The summed E-state index contributed by atoms with van der Waals surface area (Å²) in [6.45, 7) is 0. The number of rotatable bonds is 1. The molecular formula is C10H13N5O2. The van der Waals surface area contributed by atoms with Crippen molar-refractivity contribution in [3.63, 3.8) is 0 Å². The summed E-state index contributed by atoms with van der Waals surface area (Å²) in [6.07, 6.45) is 3.37. The van der Waals surface area contributed by atoms with Crippen molar-refractivity contribution in [2.45, 2.75) is 31.4 Å². The van der Waals surface area contributed by atoms with Crippen LogP contribution in [0.2, 0.25) is 0 Å². The first-order chi connectivity index (χ1) is 8.18. The third-order valence-electron chi connectivity index (χ3n) is 3.34. The Morgan fingerprint density at radius 1 is 1.47 bits per heavy atom. The molecule has 0 spiro atoms. The summed E-state index contributed by atoms with van der Waals surface area (Å²) in [6, 6.07) is -0.250. The molecule has 2 heterocycles. The highest BCUT2D eigenvalue weighted by Gasteiger charge is 2.29. The minimum atomic E-state index is -0.504. The monoisotopic (exact) mass is 235 g/mol. The number of hydrogen-bond donors (Lipinski definition) is 1. The Labute approximate surface area is 96.7 Å². The number of aliphatic hydroxyl groups excluding tert-OH is 1. The Bertz CT molecular complexity index is 617. The lowest BCUT2D eigenvalue weighted by Crippen LogP contribution is -2.32. The van der Waals surface area contributed by atoms with E-state index in [9.17, 15) is 9.90 Å². The highest BCUT2D eigenvalue weighted by atomic mass is 16.3. The molecule has 7 heteroatoms. The van der Waals surface area contributed by atoms with Crippen molar-refractivity contribution in [1.82, 2.24) is 24.8 Å². The van der Waals surface area contributed by atoms with E-state index in [2.05, 4.69) is 15.4 Å². The summed E-state index contributed by atoms with van der Waals surface area (Å²) in [4.78, 5) is 12.2. The van der Waals surface area contributed by atoms with Crippen molar-refractivity contribution in [1.29, 1.82) is 0 Å². The van der Waals surface area contributed by atoms with Crippen LogP contribution >= 0.6 is 0 Å². The molecule has 90 valence electrons. The predicted octanol–water partition coefficient (Wildman–Crippen LogP) is -0.389. The number of aryl methyl sites for hydroxylation is 1. The summed E-state index contributed by atoms with van der Waals surface area (Å²) in [5, 5.41) is 22.1. The predicted molar refractivity (Wildman–Crippen MR) is 59.5 cm³/mol. The molecular weight excluding hydrogens is 222 g/mol. The van der Waals surface area contributed by atoms with Gasteiger partial charge in [0, 0.05) is 7.05 Å². The summed E-state index contributed by atoms with van der Waals surface area (Å²) in [7, 11) is 1.71. The third-order valence-corrected chi connectivity index (χ3v) is 3.34. The van der Waals surface area contributed by atoms with Crippen LogP contribution in [0, 0.1) is 0 Å². The first kappa shape index (κ1) is 10.4. The summed E-state index contributed by atoms with van der Waals surface area (Å²) >= 11 is 0. The molecule has 1 fully saturated rings. The molecule has 1 saturated carbocycles. The molecule has 2 aromatic heterocycles. The van der Waals surface area contributed by atoms with Gasteiger partial charge >= 0.3 is 0 Å². The van der Waals surface area contributed by atoms with Crippen molar-refractivity contribution in [3.8, 4) is 0 Å². The first-order valence-corrected chi connectivity index (χ1v) is 5.64. The average Bonchev–Trinajstić information content (AvgIpc) is 2.88. The fraction of sp³-hybridized carbons (Fsp3) is 0.600. The maximum absolute atomic E-state index is 12.2. The lowest BCUT2D eigenvalue weighted by atomic mass is 10.2. The number of nitrogens with zero attached hydrogens (tertiary/aromatic N) is 5. The Hall–Kier alpha value is -1.76. The Balaban J connectivity index is 2.18. The normalized spacial score (nSPS) is 24.6. The second kappa shape index (κ2) is 3.63. The molecule has 0 saturated heterocycles. The van der Waals surface area contributed by atoms with Gasteiger partial charge in [0.2, 0.25) is 0 Å². The maximum atomic E-state index is 12.2. The highest BCUT2D eigenvalue weighted by Crippen LogP contribution is 2.28. The van der Waals surface area contributed by atoms with Crippen LogP contribution in [0.1, 0.15) is 25.3 Å². The van der Waals surface area contributed by atoms with Gasteiger partial charge in [-0.3, -0.25) is 4.79 Å². The average molecular weight is 235 g/mol. The molecule has 1 aliphatic rings. The van der Waals surface area contributed by atoms with E-state index < -0.39 is 6.10 Å². The SMILES string of the molecule is Cn1ncc2c(=O)n([C@H]3CCC[C@@H]3O)nnc21. The molecule has 0 unspecified atom stereocenters.